The van der Waals surface area contributed by atoms with Gasteiger partial charge in [0.2, 0.25) is 11.9 Å². The first kappa shape index (κ1) is 17.6. The Hall–Kier alpha value is -2.75. The number of nitro benzene ring substituents is 1. The maximum Gasteiger partial charge on any atom is 0.271 e. The van der Waals surface area contributed by atoms with Crippen LogP contribution in [0.2, 0.25) is 0 Å². The van der Waals surface area contributed by atoms with Crippen LogP contribution in [0.4, 0.5) is 17.3 Å². The average molecular weight is 348 g/mol. The molecule has 9 nitrogen and oxygen atoms in total. The van der Waals surface area contributed by atoms with E-state index in [0.29, 0.717) is 17.3 Å². The molecule has 0 fully saturated rings. The largest absolute Gasteiger partial charge is 0.368 e. The van der Waals surface area contributed by atoms with Crippen molar-refractivity contribution in [2.24, 2.45) is 0 Å². The lowest BCUT2D eigenvalue weighted by Crippen LogP contribution is -2.25. The minimum absolute atomic E-state index is 0.0808. The van der Waals surface area contributed by atoms with E-state index in [0.717, 1.165) is 17.3 Å². The van der Waals surface area contributed by atoms with Crippen LogP contribution in [-0.2, 0) is 4.79 Å². The fraction of sp³-hybridized carbons (Fsp3) is 0.286. The van der Waals surface area contributed by atoms with Crippen LogP contribution in [0.5, 0.6) is 0 Å². The zero-order chi connectivity index (χ0) is 17.7. The fourth-order valence-corrected chi connectivity index (χ4v) is 2.71. The molecule has 2 rings (SSSR count). The van der Waals surface area contributed by atoms with E-state index >= 15 is 0 Å². The Morgan fingerprint density at radius 3 is 2.83 bits per heavy atom. The molecule has 126 valence electrons. The van der Waals surface area contributed by atoms with Gasteiger partial charge in [-0.2, -0.15) is 4.98 Å². The lowest BCUT2D eigenvalue weighted by molar-refractivity contribution is -0.384. The number of aromatic nitrogens is 3. The summed E-state index contributed by atoms with van der Waals surface area (Å²) >= 11 is 1.16. The fourth-order valence-electron chi connectivity index (χ4n) is 1.87. The summed E-state index contributed by atoms with van der Waals surface area (Å²) in [5.74, 6) is -0.206. The summed E-state index contributed by atoms with van der Waals surface area (Å²) in [5, 5.41) is 13.5. The van der Waals surface area contributed by atoms with E-state index < -0.39 is 10.2 Å². The first-order valence-corrected chi connectivity index (χ1v) is 7.95. The molecule has 1 atom stereocenters. The van der Waals surface area contributed by atoms with Gasteiger partial charge in [0.25, 0.3) is 5.69 Å². The quantitative estimate of drug-likeness (QED) is 0.460. The highest BCUT2D eigenvalue weighted by Gasteiger charge is 2.21. The highest BCUT2D eigenvalue weighted by molar-refractivity contribution is 8.00. The molecule has 0 bridgehead atoms. The minimum Gasteiger partial charge on any atom is -0.368 e. The highest BCUT2D eigenvalue weighted by Crippen LogP contribution is 2.26. The summed E-state index contributed by atoms with van der Waals surface area (Å²) in [6.45, 7) is 3.61. The zero-order valence-electron chi connectivity index (χ0n) is 13.1. The number of hydrogen-bond acceptors (Lipinski definition) is 8. The van der Waals surface area contributed by atoms with Crippen LogP contribution in [0, 0.1) is 17.0 Å². The molecule has 10 heteroatoms. The minimum atomic E-state index is -0.505. The van der Waals surface area contributed by atoms with Gasteiger partial charge in [0.1, 0.15) is 6.33 Å². The Bertz CT molecular complexity index is 770. The summed E-state index contributed by atoms with van der Waals surface area (Å²) in [5.41, 5.74) is 6.56. The topological polar surface area (TPSA) is 137 Å². The van der Waals surface area contributed by atoms with Crippen molar-refractivity contribution in [3.63, 3.8) is 0 Å². The van der Waals surface area contributed by atoms with Gasteiger partial charge in [-0.05, 0) is 18.9 Å². The molecule has 3 N–H and O–H groups in total. The molecule has 0 aliphatic heterocycles. The number of thioether (sulfide) groups is 1. The molecular weight excluding hydrogens is 332 g/mol. The lowest BCUT2D eigenvalue weighted by Gasteiger charge is -2.15. The van der Waals surface area contributed by atoms with Crippen molar-refractivity contribution in [1.29, 1.82) is 0 Å². The summed E-state index contributed by atoms with van der Waals surface area (Å²) in [4.78, 5) is 34.4. The van der Waals surface area contributed by atoms with Crippen LogP contribution in [0.3, 0.4) is 0 Å². The molecule has 1 aromatic heterocycles. The van der Waals surface area contributed by atoms with E-state index in [1.54, 1.807) is 13.0 Å². The number of amides is 1. The first-order valence-electron chi connectivity index (χ1n) is 7.07. The van der Waals surface area contributed by atoms with Gasteiger partial charge in [0, 0.05) is 12.1 Å². The number of aryl methyl sites for hydroxylation is 1. The Morgan fingerprint density at radius 1 is 1.46 bits per heavy atom. The van der Waals surface area contributed by atoms with E-state index in [-0.39, 0.29) is 17.5 Å². The molecule has 1 amide bonds. The lowest BCUT2D eigenvalue weighted by atomic mass is 10.1. The highest BCUT2D eigenvalue weighted by atomic mass is 32.2. The van der Waals surface area contributed by atoms with Crippen molar-refractivity contribution >= 4 is 35.0 Å². The average Bonchev–Trinajstić information content (AvgIpc) is 2.54. The second kappa shape index (κ2) is 7.68. The third kappa shape index (κ3) is 4.38. The Balaban J connectivity index is 2.15. The van der Waals surface area contributed by atoms with Crippen molar-refractivity contribution in [2.75, 3.05) is 11.1 Å². The Labute approximate surface area is 142 Å². The number of hydrogen-bond donors (Lipinski definition) is 2. The number of carbonyl (C=O) groups excluding carboxylic acids is 1. The second-order valence-electron chi connectivity index (χ2n) is 4.89. The van der Waals surface area contributed by atoms with E-state index in [9.17, 15) is 14.9 Å². The van der Waals surface area contributed by atoms with Gasteiger partial charge in [0.15, 0.2) is 5.16 Å². The SMILES string of the molecule is CCC(Sc1ncnc(N)n1)C(=O)Nc1cc([N+](=O)[O-])ccc1C. The third-order valence-electron chi connectivity index (χ3n) is 3.17. The molecule has 0 aliphatic rings. The number of nitrogens with one attached hydrogen (secondary N) is 1. The van der Waals surface area contributed by atoms with Crippen LogP contribution in [-0.4, -0.2) is 31.0 Å². The number of benzene rings is 1. The monoisotopic (exact) mass is 348 g/mol. The van der Waals surface area contributed by atoms with Crippen LogP contribution in [0.1, 0.15) is 18.9 Å². The first-order chi connectivity index (χ1) is 11.4. The third-order valence-corrected chi connectivity index (χ3v) is 4.41. The van der Waals surface area contributed by atoms with Gasteiger partial charge in [-0.25, -0.2) is 9.97 Å². The molecule has 0 spiro atoms. The van der Waals surface area contributed by atoms with Crippen molar-refractivity contribution < 1.29 is 9.72 Å². The number of nitrogen functional groups attached to an aromatic ring is 1. The number of anilines is 2. The zero-order valence-corrected chi connectivity index (χ0v) is 13.9. The predicted octanol–water partition coefficient (Wildman–Crippen LogP) is 2.18. The van der Waals surface area contributed by atoms with Crippen LogP contribution >= 0.6 is 11.8 Å². The molecule has 2 aromatic rings. The van der Waals surface area contributed by atoms with Crippen molar-refractivity contribution in [1.82, 2.24) is 15.0 Å². The van der Waals surface area contributed by atoms with E-state index in [2.05, 4.69) is 20.3 Å². The van der Waals surface area contributed by atoms with Crippen molar-refractivity contribution in [3.05, 3.63) is 40.2 Å². The summed E-state index contributed by atoms with van der Waals surface area (Å²) < 4.78 is 0. The van der Waals surface area contributed by atoms with Crippen LogP contribution in [0.25, 0.3) is 0 Å². The number of non-ortho nitro benzene ring substituents is 1. The number of nitrogens with two attached hydrogens (primary N) is 1. The van der Waals surface area contributed by atoms with Gasteiger partial charge >= 0.3 is 0 Å². The summed E-state index contributed by atoms with van der Waals surface area (Å²) in [7, 11) is 0. The van der Waals surface area contributed by atoms with Crippen LogP contribution < -0.4 is 11.1 Å². The maximum atomic E-state index is 12.5. The molecule has 0 saturated heterocycles. The molecule has 24 heavy (non-hydrogen) atoms. The van der Waals surface area contributed by atoms with Crippen LogP contribution in [0.15, 0.2) is 29.7 Å². The molecule has 0 saturated carbocycles. The molecule has 1 aromatic carbocycles. The summed E-state index contributed by atoms with van der Waals surface area (Å²) in [6, 6.07) is 4.32. The number of nitrogens with zero attached hydrogens (tertiary/aromatic N) is 4. The molecular formula is C14H16N6O3S. The van der Waals surface area contributed by atoms with Crippen molar-refractivity contribution in [3.8, 4) is 0 Å². The normalized spacial score (nSPS) is 11.8. The van der Waals surface area contributed by atoms with Gasteiger partial charge in [-0.3, -0.25) is 14.9 Å². The van der Waals surface area contributed by atoms with Gasteiger partial charge < -0.3 is 11.1 Å². The number of nitro groups is 1. The van der Waals surface area contributed by atoms with Gasteiger partial charge in [0.05, 0.1) is 15.9 Å². The summed E-state index contributed by atoms with van der Waals surface area (Å²) in [6.07, 6.45) is 1.80. The number of rotatable bonds is 6. The molecule has 0 radical (unpaired) electrons. The second-order valence-corrected chi connectivity index (χ2v) is 6.06. The van der Waals surface area contributed by atoms with E-state index in [4.69, 9.17) is 5.73 Å². The van der Waals surface area contributed by atoms with Gasteiger partial charge in [-0.1, -0.05) is 24.8 Å². The predicted molar refractivity (Wildman–Crippen MR) is 90.6 cm³/mol. The van der Waals surface area contributed by atoms with Crippen molar-refractivity contribution in [2.45, 2.75) is 30.7 Å². The maximum absolute atomic E-state index is 12.5. The van der Waals surface area contributed by atoms with Gasteiger partial charge in [-0.15, -0.1) is 0 Å². The number of carbonyl (C=O) groups is 1. The standard InChI is InChI=1S/C14H16N6O3S/c1-3-11(24-14-17-7-16-13(15)19-14)12(21)18-10-6-9(20(22)23)5-4-8(10)2/h4-7,11H,3H2,1-2H3,(H,18,21)(H2,15,16,17,19). The Kier molecular flexibility index (Phi) is 5.64. The van der Waals surface area contributed by atoms with E-state index in [1.165, 1.54) is 18.5 Å². The van der Waals surface area contributed by atoms with E-state index in [1.807, 2.05) is 6.92 Å². The molecule has 0 aliphatic carbocycles. The molecule has 1 heterocycles. The molecule has 1 unspecified atom stereocenters. The smallest absolute Gasteiger partial charge is 0.271 e. The Morgan fingerprint density at radius 2 is 2.21 bits per heavy atom.